The van der Waals surface area contributed by atoms with Crippen molar-refractivity contribution < 1.29 is 22.7 Å². The van der Waals surface area contributed by atoms with E-state index in [-0.39, 0.29) is 17.1 Å². The summed E-state index contributed by atoms with van der Waals surface area (Å²) in [5, 5.41) is 3.20. The number of benzene rings is 3. The normalized spacial score (nSPS) is 11.9. The summed E-state index contributed by atoms with van der Waals surface area (Å²) in [6.45, 7) is 3.32. The number of nitrogens with one attached hydrogen (secondary N) is 1. The summed E-state index contributed by atoms with van der Waals surface area (Å²) in [5.74, 6) is -0.425. The van der Waals surface area contributed by atoms with E-state index in [9.17, 15) is 18.0 Å². The van der Waals surface area contributed by atoms with E-state index >= 15 is 0 Å². The van der Waals surface area contributed by atoms with Crippen molar-refractivity contribution in [2.75, 3.05) is 30.8 Å². The second-order valence-corrected chi connectivity index (χ2v) is 12.2. The first-order chi connectivity index (χ1) is 19.0. The summed E-state index contributed by atoms with van der Waals surface area (Å²) in [4.78, 5) is 28.7. The molecule has 40 heavy (non-hydrogen) atoms. The molecule has 0 aliphatic heterocycles. The lowest BCUT2D eigenvalue weighted by molar-refractivity contribution is -0.139. The number of sulfonamides is 1. The summed E-state index contributed by atoms with van der Waals surface area (Å²) < 4.78 is 34.4. The Kier molecular flexibility index (Phi) is 11.2. The van der Waals surface area contributed by atoms with E-state index in [1.54, 1.807) is 61.5 Å². The highest BCUT2D eigenvalue weighted by Crippen LogP contribution is 2.28. The maximum absolute atomic E-state index is 13.9. The van der Waals surface area contributed by atoms with Gasteiger partial charge in [0, 0.05) is 18.5 Å². The Bertz CT molecular complexity index is 1440. The van der Waals surface area contributed by atoms with Crippen LogP contribution >= 0.6 is 35.0 Å². The van der Waals surface area contributed by atoms with Gasteiger partial charge in [0.15, 0.2) is 0 Å². The van der Waals surface area contributed by atoms with E-state index in [0.29, 0.717) is 28.0 Å². The van der Waals surface area contributed by atoms with Crippen molar-refractivity contribution in [2.45, 2.75) is 36.2 Å². The monoisotopic (exact) mass is 623 g/mol. The Labute approximate surface area is 249 Å². The SMILES string of the molecule is CCOc1ccc(N(CC(=O)N(Cc2ccc(Cl)c(Cl)c2)C(C)C(=O)NC)S(=O)(=O)c2ccc(SC)cc2)cc1. The van der Waals surface area contributed by atoms with E-state index in [4.69, 9.17) is 27.9 Å². The molecule has 0 fully saturated rings. The fraction of sp³-hybridized carbons (Fsp3) is 0.286. The van der Waals surface area contributed by atoms with Gasteiger partial charge in [0.05, 0.1) is 27.2 Å². The first-order valence-electron chi connectivity index (χ1n) is 12.4. The number of carbonyl (C=O) groups is 2. The largest absolute Gasteiger partial charge is 0.494 e. The van der Waals surface area contributed by atoms with Crippen LogP contribution in [0.3, 0.4) is 0 Å². The van der Waals surface area contributed by atoms with Gasteiger partial charge in [0.25, 0.3) is 10.0 Å². The van der Waals surface area contributed by atoms with E-state index in [1.807, 2.05) is 13.2 Å². The van der Waals surface area contributed by atoms with Gasteiger partial charge in [-0.05, 0) is 86.3 Å². The number of hydrogen-bond donors (Lipinski definition) is 1. The Morgan fingerprint density at radius 2 is 1.65 bits per heavy atom. The van der Waals surface area contributed by atoms with Crippen molar-refractivity contribution >= 4 is 62.5 Å². The number of rotatable bonds is 12. The molecule has 0 bridgehead atoms. The maximum atomic E-state index is 13.9. The van der Waals surface area contributed by atoms with E-state index in [1.165, 1.54) is 35.8 Å². The van der Waals surface area contributed by atoms with Gasteiger partial charge in [-0.1, -0.05) is 29.3 Å². The van der Waals surface area contributed by atoms with Crippen molar-refractivity contribution in [3.8, 4) is 5.75 Å². The third-order valence-corrected chi connectivity index (χ3v) is 9.38. The molecular weight excluding hydrogens is 593 g/mol. The Morgan fingerprint density at radius 1 is 1.00 bits per heavy atom. The third-order valence-electron chi connectivity index (χ3n) is 6.11. The van der Waals surface area contributed by atoms with Crippen molar-refractivity contribution in [3.05, 3.63) is 82.3 Å². The van der Waals surface area contributed by atoms with Crippen molar-refractivity contribution in [3.63, 3.8) is 0 Å². The average Bonchev–Trinajstić information content (AvgIpc) is 2.96. The van der Waals surface area contributed by atoms with Crippen LogP contribution < -0.4 is 14.4 Å². The van der Waals surface area contributed by atoms with E-state index in [0.717, 1.165) is 9.20 Å². The lowest BCUT2D eigenvalue weighted by atomic mass is 10.1. The molecular formula is C28H31Cl2N3O5S2. The highest BCUT2D eigenvalue weighted by Gasteiger charge is 2.32. The molecule has 0 spiro atoms. The fourth-order valence-electron chi connectivity index (χ4n) is 3.91. The van der Waals surface area contributed by atoms with Crippen LogP contribution in [-0.2, 0) is 26.2 Å². The molecule has 8 nitrogen and oxygen atoms in total. The van der Waals surface area contributed by atoms with Crippen molar-refractivity contribution in [2.24, 2.45) is 0 Å². The second-order valence-electron chi connectivity index (χ2n) is 8.67. The fourth-order valence-corrected chi connectivity index (χ4v) is 6.05. The highest BCUT2D eigenvalue weighted by atomic mass is 35.5. The van der Waals surface area contributed by atoms with Crippen LogP contribution in [-0.4, -0.2) is 57.6 Å². The van der Waals surface area contributed by atoms with Gasteiger partial charge in [0.1, 0.15) is 18.3 Å². The quantitative estimate of drug-likeness (QED) is 0.269. The molecule has 0 aliphatic carbocycles. The first-order valence-corrected chi connectivity index (χ1v) is 15.8. The predicted molar refractivity (Wildman–Crippen MR) is 161 cm³/mol. The topological polar surface area (TPSA) is 96.0 Å². The molecule has 0 aliphatic rings. The molecule has 2 amide bonds. The number of thioether (sulfide) groups is 1. The zero-order valence-corrected chi connectivity index (χ0v) is 25.7. The number of hydrogen-bond acceptors (Lipinski definition) is 6. The molecule has 214 valence electrons. The number of anilines is 1. The van der Waals surface area contributed by atoms with Crippen LogP contribution in [0.4, 0.5) is 5.69 Å². The molecule has 1 N–H and O–H groups in total. The van der Waals surface area contributed by atoms with Gasteiger partial charge in [-0.3, -0.25) is 13.9 Å². The molecule has 0 saturated heterocycles. The van der Waals surface area contributed by atoms with Crippen LogP contribution in [0.15, 0.2) is 76.5 Å². The Morgan fingerprint density at radius 3 is 2.20 bits per heavy atom. The number of amides is 2. The van der Waals surface area contributed by atoms with Crippen LogP contribution in [0.2, 0.25) is 10.0 Å². The van der Waals surface area contributed by atoms with Crippen LogP contribution in [0.5, 0.6) is 5.75 Å². The van der Waals surface area contributed by atoms with Gasteiger partial charge in [-0.25, -0.2) is 8.42 Å². The molecule has 0 radical (unpaired) electrons. The molecule has 1 unspecified atom stereocenters. The smallest absolute Gasteiger partial charge is 0.264 e. The van der Waals surface area contributed by atoms with Crippen LogP contribution in [0.1, 0.15) is 19.4 Å². The molecule has 12 heteroatoms. The van der Waals surface area contributed by atoms with Gasteiger partial charge in [-0.2, -0.15) is 0 Å². The predicted octanol–water partition coefficient (Wildman–Crippen LogP) is 5.47. The number of carbonyl (C=O) groups excluding carboxylic acids is 2. The van der Waals surface area contributed by atoms with E-state index in [2.05, 4.69) is 5.32 Å². The standard InChI is InChI=1S/C28H31Cl2N3O5S2/c1-5-38-22-9-7-21(8-10-22)33(40(36,37)24-13-11-23(39-4)12-14-24)18-27(34)32(19(2)28(35)31-3)17-20-6-15-25(29)26(30)16-20/h6-16,19H,5,17-18H2,1-4H3,(H,31,35). The van der Waals surface area contributed by atoms with Gasteiger partial charge in [0.2, 0.25) is 11.8 Å². The summed E-state index contributed by atoms with van der Waals surface area (Å²) in [7, 11) is -2.71. The summed E-state index contributed by atoms with van der Waals surface area (Å²) in [6, 6.07) is 16.9. The molecule has 0 saturated carbocycles. The van der Waals surface area contributed by atoms with Crippen LogP contribution in [0, 0.1) is 0 Å². The number of likely N-dealkylation sites (N-methyl/N-ethyl adjacent to an activating group) is 1. The summed E-state index contributed by atoms with van der Waals surface area (Å²) in [5.41, 5.74) is 0.898. The van der Waals surface area contributed by atoms with Gasteiger partial charge in [-0.15, -0.1) is 11.8 Å². The number of halogens is 2. The molecule has 3 rings (SSSR count). The minimum atomic E-state index is -4.17. The van der Waals surface area contributed by atoms with E-state index < -0.39 is 34.4 Å². The van der Waals surface area contributed by atoms with Gasteiger partial charge < -0.3 is 15.0 Å². The molecule has 0 heterocycles. The molecule has 1 atom stereocenters. The van der Waals surface area contributed by atoms with Gasteiger partial charge >= 0.3 is 0 Å². The Hall–Kier alpha value is -2.92. The lowest BCUT2D eigenvalue weighted by Gasteiger charge is -2.32. The summed E-state index contributed by atoms with van der Waals surface area (Å²) in [6.07, 6.45) is 1.89. The summed E-state index contributed by atoms with van der Waals surface area (Å²) >= 11 is 13.7. The molecule has 3 aromatic rings. The Balaban J connectivity index is 2.04. The number of nitrogens with zero attached hydrogens (tertiary/aromatic N) is 2. The van der Waals surface area contributed by atoms with Crippen molar-refractivity contribution in [1.29, 1.82) is 0 Å². The zero-order chi connectivity index (χ0) is 29.4. The highest BCUT2D eigenvalue weighted by molar-refractivity contribution is 7.98. The maximum Gasteiger partial charge on any atom is 0.264 e. The van der Waals surface area contributed by atoms with Crippen molar-refractivity contribution in [1.82, 2.24) is 10.2 Å². The average molecular weight is 625 g/mol. The zero-order valence-electron chi connectivity index (χ0n) is 22.6. The minimum Gasteiger partial charge on any atom is -0.494 e. The first kappa shape index (κ1) is 31.6. The third kappa shape index (κ3) is 7.63. The van der Waals surface area contributed by atoms with Crippen LogP contribution in [0.25, 0.3) is 0 Å². The molecule has 3 aromatic carbocycles. The number of ether oxygens (including phenoxy) is 1. The molecule has 0 aromatic heterocycles. The minimum absolute atomic E-state index is 0.00386. The lowest BCUT2D eigenvalue weighted by Crippen LogP contribution is -2.50. The second kappa shape index (κ2) is 14.1.